The topological polar surface area (TPSA) is 71.4 Å². The van der Waals surface area contributed by atoms with Crippen molar-refractivity contribution in [2.45, 2.75) is 18.9 Å². The number of likely N-dealkylation sites (tertiary alicyclic amines) is 1. The summed E-state index contributed by atoms with van der Waals surface area (Å²) in [5.74, 6) is -0.148. The summed E-state index contributed by atoms with van der Waals surface area (Å²) < 4.78 is 1.43. The molecule has 29 heavy (non-hydrogen) atoms. The number of benzene rings is 2. The zero-order chi connectivity index (χ0) is 20.4. The van der Waals surface area contributed by atoms with Gasteiger partial charge in [-0.15, -0.1) is 0 Å². The fourth-order valence-electron chi connectivity index (χ4n) is 3.87. The van der Waals surface area contributed by atoms with Crippen LogP contribution in [0.4, 0.5) is 0 Å². The second-order valence-electron chi connectivity index (χ2n) is 7.38. The summed E-state index contributed by atoms with van der Waals surface area (Å²) in [6, 6.07) is 16.4. The van der Waals surface area contributed by atoms with E-state index in [1.54, 1.807) is 36.3 Å². The molecule has 1 aromatic heterocycles. The summed E-state index contributed by atoms with van der Waals surface area (Å²) in [4.78, 5) is 39.6. The largest absolute Gasteiger partial charge is 0.343 e. The smallest absolute Gasteiger partial charge is 0.258 e. The van der Waals surface area contributed by atoms with Gasteiger partial charge in [0.1, 0.15) is 0 Å². The second-order valence-corrected chi connectivity index (χ2v) is 7.38. The Kier molecular flexibility index (Phi) is 5.16. The van der Waals surface area contributed by atoms with E-state index in [0.717, 1.165) is 12.0 Å². The fourth-order valence-corrected chi connectivity index (χ4v) is 3.87. The number of aromatic nitrogens is 1. The lowest BCUT2D eigenvalue weighted by Crippen LogP contribution is -2.39. The average molecular weight is 389 g/mol. The van der Waals surface area contributed by atoms with Gasteiger partial charge in [0.25, 0.3) is 11.5 Å². The molecular formula is C23H23N3O3. The predicted octanol–water partition coefficient (Wildman–Crippen LogP) is 2.63. The maximum atomic E-state index is 13.2. The molecule has 6 heteroatoms. The van der Waals surface area contributed by atoms with Crippen LogP contribution in [-0.2, 0) is 11.8 Å². The number of amides is 2. The third-order valence-electron chi connectivity index (χ3n) is 5.42. The monoisotopic (exact) mass is 389 g/mol. The SMILES string of the molecule is Cn1cc(C(=O)NC(CN2CCCC2=O)c2ccccc2)c2ccccc2c1=O. The molecule has 1 fully saturated rings. The molecule has 4 rings (SSSR count). The number of nitrogens with zero attached hydrogens (tertiary/aromatic N) is 2. The maximum absolute atomic E-state index is 13.2. The van der Waals surface area contributed by atoms with Gasteiger partial charge in [0.15, 0.2) is 0 Å². The van der Waals surface area contributed by atoms with Crippen molar-refractivity contribution in [3.63, 3.8) is 0 Å². The van der Waals surface area contributed by atoms with Crippen LogP contribution in [0.3, 0.4) is 0 Å². The summed E-state index contributed by atoms with van der Waals surface area (Å²) in [6.45, 7) is 1.14. The highest BCUT2D eigenvalue weighted by Crippen LogP contribution is 2.21. The van der Waals surface area contributed by atoms with E-state index in [0.29, 0.717) is 35.8 Å². The van der Waals surface area contributed by atoms with Gasteiger partial charge in [-0.3, -0.25) is 14.4 Å². The van der Waals surface area contributed by atoms with Crippen LogP contribution in [-0.4, -0.2) is 34.4 Å². The van der Waals surface area contributed by atoms with E-state index in [4.69, 9.17) is 0 Å². The zero-order valence-electron chi connectivity index (χ0n) is 16.3. The van der Waals surface area contributed by atoms with Crippen LogP contribution in [0, 0.1) is 0 Å². The van der Waals surface area contributed by atoms with E-state index in [9.17, 15) is 14.4 Å². The number of carbonyl (C=O) groups is 2. The van der Waals surface area contributed by atoms with Gasteiger partial charge in [0.2, 0.25) is 5.91 Å². The van der Waals surface area contributed by atoms with Crippen LogP contribution in [0.2, 0.25) is 0 Å². The molecule has 2 amide bonds. The molecular weight excluding hydrogens is 366 g/mol. The highest BCUT2D eigenvalue weighted by atomic mass is 16.2. The Morgan fingerprint density at radius 2 is 1.72 bits per heavy atom. The number of pyridine rings is 1. The minimum atomic E-state index is -0.332. The molecule has 148 valence electrons. The molecule has 1 aliphatic rings. The van der Waals surface area contributed by atoms with Crippen LogP contribution in [0.5, 0.6) is 0 Å². The number of carbonyl (C=O) groups excluding carboxylic acids is 2. The zero-order valence-corrected chi connectivity index (χ0v) is 16.3. The molecule has 2 heterocycles. The second kappa shape index (κ2) is 7.91. The van der Waals surface area contributed by atoms with Crippen molar-refractivity contribution in [1.82, 2.24) is 14.8 Å². The number of hydrogen-bond acceptors (Lipinski definition) is 3. The molecule has 1 aliphatic heterocycles. The predicted molar refractivity (Wildman–Crippen MR) is 112 cm³/mol. The number of aryl methyl sites for hydroxylation is 1. The van der Waals surface area contributed by atoms with Crippen LogP contribution in [0.1, 0.15) is 34.8 Å². The Bertz CT molecular complexity index is 1120. The molecule has 1 saturated heterocycles. The molecule has 0 saturated carbocycles. The highest BCUT2D eigenvalue weighted by molar-refractivity contribution is 6.06. The fraction of sp³-hybridized carbons (Fsp3) is 0.261. The van der Waals surface area contributed by atoms with Gasteiger partial charge in [-0.25, -0.2) is 0 Å². The van der Waals surface area contributed by atoms with E-state index < -0.39 is 0 Å². The first-order chi connectivity index (χ1) is 14.0. The van der Waals surface area contributed by atoms with Crippen LogP contribution < -0.4 is 10.9 Å². The Balaban J connectivity index is 1.68. The van der Waals surface area contributed by atoms with Gasteiger partial charge >= 0.3 is 0 Å². The van der Waals surface area contributed by atoms with Crippen LogP contribution in [0.25, 0.3) is 10.8 Å². The first-order valence-electron chi connectivity index (χ1n) is 9.76. The van der Waals surface area contributed by atoms with Gasteiger partial charge < -0.3 is 14.8 Å². The van der Waals surface area contributed by atoms with Gasteiger partial charge in [-0.2, -0.15) is 0 Å². The van der Waals surface area contributed by atoms with Crippen LogP contribution in [0.15, 0.2) is 65.6 Å². The highest BCUT2D eigenvalue weighted by Gasteiger charge is 2.26. The average Bonchev–Trinajstić information content (AvgIpc) is 3.15. The lowest BCUT2D eigenvalue weighted by atomic mass is 10.0. The van der Waals surface area contributed by atoms with Gasteiger partial charge in [-0.1, -0.05) is 48.5 Å². The van der Waals surface area contributed by atoms with Crippen molar-refractivity contribution in [3.8, 4) is 0 Å². The molecule has 0 radical (unpaired) electrons. The molecule has 0 aliphatic carbocycles. The Morgan fingerprint density at radius 3 is 2.41 bits per heavy atom. The van der Waals surface area contributed by atoms with Crippen molar-refractivity contribution < 1.29 is 9.59 Å². The van der Waals surface area contributed by atoms with E-state index in [1.165, 1.54) is 4.57 Å². The Labute approximate surface area is 168 Å². The standard InChI is InChI=1S/C23H23N3O3/c1-25-14-19(17-10-5-6-11-18(17)23(25)29)22(28)24-20(16-8-3-2-4-9-16)15-26-13-7-12-21(26)27/h2-6,8-11,14,20H,7,12-13,15H2,1H3,(H,24,28). The minimum absolute atomic E-state index is 0.118. The number of rotatable bonds is 5. The first-order valence-corrected chi connectivity index (χ1v) is 9.76. The number of hydrogen-bond donors (Lipinski definition) is 1. The van der Waals surface area contributed by atoms with Crippen LogP contribution >= 0.6 is 0 Å². The molecule has 3 aromatic rings. The lowest BCUT2D eigenvalue weighted by molar-refractivity contribution is -0.128. The quantitative estimate of drug-likeness (QED) is 0.729. The van der Waals surface area contributed by atoms with Crippen molar-refractivity contribution in [2.24, 2.45) is 7.05 Å². The molecule has 1 atom stereocenters. The Morgan fingerprint density at radius 1 is 1.03 bits per heavy atom. The van der Waals surface area contributed by atoms with E-state index in [2.05, 4.69) is 5.32 Å². The normalized spacial score (nSPS) is 14.9. The summed E-state index contributed by atoms with van der Waals surface area (Å²) in [5.41, 5.74) is 1.24. The molecule has 6 nitrogen and oxygen atoms in total. The molecule has 0 bridgehead atoms. The van der Waals surface area contributed by atoms with Gasteiger partial charge in [0, 0.05) is 43.5 Å². The lowest BCUT2D eigenvalue weighted by Gasteiger charge is -2.25. The van der Waals surface area contributed by atoms with E-state index in [-0.39, 0.29) is 23.4 Å². The summed E-state index contributed by atoms with van der Waals surface area (Å²) in [6.07, 6.45) is 2.98. The number of fused-ring (bicyclic) bond motifs is 1. The van der Waals surface area contributed by atoms with Crippen molar-refractivity contribution >= 4 is 22.6 Å². The molecule has 2 aromatic carbocycles. The summed E-state index contributed by atoms with van der Waals surface area (Å²) in [7, 11) is 1.64. The molecule has 1 unspecified atom stereocenters. The maximum Gasteiger partial charge on any atom is 0.258 e. The number of nitrogens with one attached hydrogen (secondary N) is 1. The van der Waals surface area contributed by atoms with E-state index in [1.807, 2.05) is 36.4 Å². The summed E-state index contributed by atoms with van der Waals surface area (Å²) >= 11 is 0. The van der Waals surface area contributed by atoms with E-state index >= 15 is 0 Å². The Hall–Kier alpha value is -3.41. The van der Waals surface area contributed by atoms with Crippen molar-refractivity contribution in [3.05, 3.63) is 82.3 Å². The molecule has 0 spiro atoms. The third kappa shape index (κ3) is 3.78. The van der Waals surface area contributed by atoms with Gasteiger partial charge in [-0.05, 0) is 18.1 Å². The molecule has 1 N–H and O–H groups in total. The minimum Gasteiger partial charge on any atom is -0.343 e. The summed E-state index contributed by atoms with van der Waals surface area (Å²) in [5, 5.41) is 4.22. The van der Waals surface area contributed by atoms with Crippen molar-refractivity contribution in [1.29, 1.82) is 0 Å². The first kappa shape index (κ1) is 18.9. The van der Waals surface area contributed by atoms with Gasteiger partial charge in [0.05, 0.1) is 11.6 Å². The van der Waals surface area contributed by atoms with Crippen molar-refractivity contribution in [2.75, 3.05) is 13.1 Å². The third-order valence-corrected chi connectivity index (χ3v) is 5.42.